The highest BCUT2D eigenvalue weighted by Gasteiger charge is 2.27. The molecule has 1 aromatic carbocycles. The van der Waals surface area contributed by atoms with Gasteiger partial charge in [0.1, 0.15) is 9.71 Å². The molecule has 5 rings (SSSR count). The molecule has 1 aliphatic rings. The van der Waals surface area contributed by atoms with Crippen LogP contribution in [-0.4, -0.2) is 51.4 Å². The van der Waals surface area contributed by atoms with Gasteiger partial charge in [0, 0.05) is 56.7 Å². The van der Waals surface area contributed by atoms with Crippen molar-refractivity contribution < 1.29 is 4.79 Å². The number of benzene rings is 1. The molecule has 1 amide bonds. The Morgan fingerprint density at radius 2 is 1.69 bits per heavy atom. The topological polar surface area (TPSA) is 41.4 Å². The largest absolute Gasteiger partial charge is 0.335 e. The fourth-order valence-electron chi connectivity index (χ4n) is 3.90. The van der Waals surface area contributed by atoms with Crippen molar-refractivity contribution in [2.24, 2.45) is 0 Å². The monoisotopic (exact) mass is 402 g/mol. The zero-order valence-electron chi connectivity index (χ0n) is 16.1. The number of hydrogen-bond acceptors (Lipinski definition) is 4. The summed E-state index contributed by atoms with van der Waals surface area (Å²) >= 11 is 1.49. The normalized spacial score (nSPS) is 15.1. The number of amides is 1. The van der Waals surface area contributed by atoms with Crippen molar-refractivity contribution in [2.45, 2.75) is 6.54 Å². The van der Waals surface area contributed by atoms with Gasteiger partial charge in [0.05, 0.1) is 5.69 Å². The first kappa shape index (κ1) is 18.1. The van der Waals surface area contributed by atoms with Gasteiger partial charge in [0.25, 0.3) is 5.91 Å². The summed E-state index contributed by atoms with van der Waals surface area (Å²) in [5.41, 5.74) is 2.26. The van der Waals surface area contributed by atoms with E-state index < -0.39 is 0 Å². The summed E-state index contributed by atoms with van der Waals surface area (Å²) < 4.78 is 2.03. The maximum absolute atomic E-state index is 13.4. The van der Waals surface area contributed by atoms with E-state index in [1.807, 2.05) is 52.2 Å². The molecule has 1 fully saturated rings. The fourth-order valence-corrected chi connectivity index (χ4v) is 5.01. The quantitative estimate of drug-likeness (QED) is 0.517. The predicted molar refractivity (Wildman–Crippen MR) is 117 cm³/mol. The highest BCUT2D eigenvalue weighted by atomic mass is 32.1. The lowest BCUT2D eigenvalue weighted by Gasteiger charge is -2.34. The average Bonchev–Trinajstić information content (AvgIpc) is 3.42. The predicted octanol–water partition coefficient (Wildman–Crippen LogP) is 4.05. The van der Waals surface area contributed by atoms with Gasteiger partial charge in [0.2, 0.25) is 0 Å². The number of piperazine rings is 1. The smallest absolute Gasteiger partial charge is 0.266 e. The van der Waals surface area contributed by atoms with Crippen molar-refractivity contribution in [2.75, 3.05) is 26.2 Å². The molecule has 4 heterocycles. The Morgan fingerprint density at radius 1 is 0.931 bits per heavy atom. The van der Waals surface area contributed by atoms with Gasteiger partial charge in [-0.25, -0.2) is 4.98 Å². The summed E-state index contributed by atoms with van der Waals surface area (Å²) in [5, 5.41) is 1.03. The maximum Gasteiger partial charge on any atom is 0.266 e. The van der Waals surface area contributed by atoms with Gasteiger partial charge in [-0.3, -0.25) is 9.69 Å². The molecule has 6 heteroatoms. The highest BCUT2D eigenvalue weighted by Crippen LogP contribution is 2.34. The molecule has 0 spiro atoms. The Bertz CT molecular complexity index is 1110. The molecule has 0 aliphatic carbocycles. The summed E-state index contributed by atoms with van der Waals surface area (Å²) in [6, 6.07) is 18.5. The number of nitrogens with zero attached hydrogens (tertiary/aromatic N) is 4. The van der Waals surface area contributed by atoms with Crippen molar-refractivity contribution in [3.8, 4) is 5.69 Å². The van der Waals surface area contributed by atoms with E-state index in [9.17, 15) is 4.79 Å². The third-order valence-electron chi connectivity index (χ3n) is 5.41. The summed E-state index contributed by atoms with van der Waals surface area (Å²) in [6.45, 7) is 4.21. The van der Waals surface area contributed by atoms with Crippen LogP contribution in [0, 0.1) is 0 Å². The second-order valence-corrected chi connectivity index (χ2v) is 8.28. The van der Waals surface area contributed by atoms with E-state index in [1.165, 1.54) is 16.9 Å². The molecule has 5 nitrogen and oxygen atoms in total. The molecule has 146 valence electrons. The van der Waals surface area contributed by atoms with E-state index in [1.54, 1.807) is 6.20 Å². The van der Waals surface area contributed by atoms with Crippen LogP contribution in [0.15, 0.2) is 73.2 Å². The number of pyridine rings is 1. The summed E-state index contributed by atoms with van der Waals surface area (Å²) in [5.74, 6) is 0.107. The molecule has 1 saturated heterocycles. The minimum absolute atomic E-state index is 0.107. The van der Waals surface area contributed by atoms with Gasteiger partial charge < -0.3 is 9.47 Å². The van der Waals surface area contributed by atoms with Crippen molar-refractivity contribution >= 4 is 27.5 Å². The van der Waals surface area contributed by atoms with Gasteiger partial charge >= 0.3 is 0 Å². The Morgan fingerprint density at radius 3 is 2.45 bits per heavy atom. The molecule has 0 N–H and O–H groups in total. The van der Waals surface area contributed by atoms with Crippen LogP contribution in [0.2, 0.25) is 0 Å². The van der Waals surface area contributed by atoms with Crippen molar-refractivity contribution in [3.63, 3.8) is 0 Å². The van der Waals surface area contributed by atoms with Crippen LogP contribution >= 0.6 is 11.3 Å². The van der Waals surface area contributed by atoms with Crippen LogP contribution in [0.1, 0.15) is 15.2 Å². The first-order chi connectivity index (χ1) is 14.3. The van der Waals surface area contributed by atoms with E-state index >= 15 is 0 Å². The lowest BCUT2D eigenvalue weighted by molar-refractivity contribution is 0.0633. The lowest BCUT2D eigenvalue weighted by Crippen LogP contribution is -2.48. The average molecular weight is 403 g/mol. The van der Waals surface area contributed by atoms with Gasteiger partial charge in [0.15, 0.2) is 0 Å². The number of rotatable bonds is 4. The van der Waals surface area contributed by atoms with Gasteiger partial charge in [-0.2, -0.15) is 0 Å². The standard InChI is InChI=1S/C23H22N4OS/c28-23(27-15-13-25(14-16-27)17-18-7-2-1-3-8-18)21-20(26-11-4-5-12-26)19-9-6-10-24-22(19)29-21/h1-12H,13-17H2. The van der Waals surface area contributed by atoms with E-state index in [-0.39, 0.29) is 5.91 Å². The third-order valence-corrected chi connectivity index (χ3v) is 6.50. The van der Waals surface area contributed by atoms with E-state index in [0.717, 1.165) is 53.5 Å². The minimum atomic E-state index is 0.107. The molecule has 3 aromatic heterocycles. The molecular weight excluding hydrogens is 380 g/mol. The molecule has 29 heavy (non-hydrogen) atoms. The Kier molecular flexibility index (Phi) is 4.87. The van der Waals surface area contributed by atoms with E-state index in [2.05, 4.69) is 34.1 Å². The highest BCUT2D eigenvalue weighted by molar-refractivity contribution is 7.21. The van der Waals surface area contributed by atoms with Crippen LogP contribution in [0.5, 0.6) is 0 Å². The molecule has 0 saturated carbocycles. The molecule has 0 unspecified atom stereocenters. The number of carbonyl (C=O) groups is 1. The first-order valence-electron chi connectivity index (χ1n) is 9.86. The third kappa shape index (κ3) is 3.57. The zero-order valence-corrected chi connectivity index (χ0v) is 16.9. The summed E-state index contributed by atoms with van der Waals surface area (Å²) in [4.78, 5) is 24.0. The molecular formula is C23H22N4OS. The van der Waals surface area contributed by atoms with E-state index in [4.69, 9.17) is 0 Å². The van der Waals surface area contributed by atoms with E-state index in [0.29, 0.717) is 0 Å². The van der Waals surface area contributed by atoms with Gasteiger partial charge in [-0.05, 0) is 29.8 Å². The molecule has 4 aromatic rings. The number of fused-ring (bicyclic) bond motifs is 1. The van der Waals surface area contributed by atoms with Crippen LogP contribution in [-0.2, 0) is 6.54 Å². The number of hydrogen-bond donors (Lipinski definition) is 0. The maximum atomic E-state index is 13.4. The van der Waals surface area contributed by atoms with Crippen molar-refractivity contribution in [3.05, 3.63) is 83.6 Å². The number of carbonyl (C=O) groups excluding carboxylic acids is 1. The van der Waals surface area contributed by atoms with Crippen molar-refractivity contribution in [1.82, 2.24) is 19.4 Å². The van der Waals surface area contributed by atoms with Crippen LogP contribution < -0.4 is 0 Å². The fraction of sp³-hybridized carbons (Fsp3) is 0.217. The summed E-state index contributed by atoms with van der Waals surface area (Å²) in [6.07, 6.45) is 5.76. The molecule has 0 bridgehead atoms. The second-order valence-electron chi connectivity index (χ2n) is 7.28. The second kappa shape index (κ2) is 7.81. The Balaban J connectivity index is 1.37. The van der Waals surface area contributed by atoms with Crippen LogP contribution in [0.25, 0.3) is 15.9 Å². The molecule has 1 aliphatic heterocycles. The van der Waals surface area contributed by atoms with Crippen LogP contribution in [0.3, 0.4) is 0 Å². The van der Waals surface area contributed by atoms with Crippen molar-refractivity contribution in [1.29, 1.82) is 0 Å². The van der Waals surface area contributed by atoms with Gasteiger partial charge in [-0.15, -0.1) is 11.3 Å². The lowest BCUT2D eigenvalue weighted by atomic mass is 10.2. The number of thiophene rings is 1. The first-order valence-corrected chi connectivity index (χ1v) is 10.7. The molecule has 0 atom stereocenters. The Hall–Kier alpha value is -2.96. The zero-order chi connectivity index (χ0) is 19.6. The Labute approximate surface area is 173 Å². The van der Waals surface area contributed by atoms with Gasteiger partial charge in [-0.1, -0.05) is 30.3 Å². The number of aromatic nitrogens is 2. The van der Waals surface area contributed by atoms with Crippen LogP contribution in [0.4, 0.5) is 0 Å². The SMILES string of the molecule is O=C(c1sc2ncccc2c1-n1cccc1)N1CCN(Cc2ccccc2)CC1. The molecule has 0 radical (unpaired) electrons. The minimum Gasteiger partial charge on any atom is -0.335 e. The summed E-state index contributed by atoms with van der Waals surface area (Å²) in [7, 11) is 0.